The zero-order valence-corrected chi connectivity index (χ0v) is 18.8. The SMILES string of the molecule is O=C1CC[C@H](N2Cc3cc(-c4ccc(NC(=O)OCc5ccccc5)cc4)ccc3C2=O)C(=O)N1. The standard InChI is InChI=1S/C27H23N3O5/c31-24-13-12-23(25(32)29-24)30-15-20-14-19(8-11-22(20)26(30)33)18-6-9-21(10-7-18)28-27(34)35-16-17-4-2-1-3-5-17/h1-11,14,23H,12-13,15-16H2,(H,28,34)(H,29,31,32)/t23-/m0/s1. The minimum Gasteiger partial charge on any atom is -0.444 e. The summed E-state index contributed by atoms with van der Waals surface area (Å²) in [5.41, 5.74) is 4.75. The van der Waals surface area contributed by atoms with Gasteiger partial charge in [0.05, 0.1) is 0 Å². The Kier molecular flexibility index (Phi) is 6.01. The van der Waals surface area contributed by atoms with E-state index in [-0.39, 0.29) is 24.8 Å². The van der Waals surface area contributed by atoms with Crippen molar-refractivity contribution in [3.05, 3.63) is 89.5 Å². The molecule has 5 rings (SSSR count). The quantitative estimate of drug-likeness (QED) is 0.552. The number of nitrogens with zero attached hydrogens (tertiary/aromatic N) is 1. The minimum atomic E-state index is -0.636. The minimum absolute atomic E-state index is 0.189. The lowest BCUT2D eigenvalue weighted by Gasteiger charge is -2.29. The molecule has 176 valence electrons. The van der Waals surface area contributed by atoms with Crippen molar-refractivity contribution in [1.82, 2.24) is 10.2 Å². The van der Waals surface area contributed by atoms with Gasteiger partial charge in [0.2, 0.25) is 11.8 Å². The highest BCUT2D eigenvalue weighted by Crippen LogP contribution is 2.31. The number of anilines is 1. The van der Waals surface area contributed by atoms with Crippen molar-refractivity contribution >= 4 is 29.5 Å². The van der Waals surface area contributed by atoms with Crippen LogP contribution in [0, 0.1) is 0 Å². The summed E-state index contributed by atoms with van der Waals surface area (Å²) in [6.45, 7) is 0.510. The van der Waals surface area contributed by atoms with E-state index >= 15 is 0 Å². The number of benzene rings is 3. The van der Waals surface area contributed by atoms with E-state index in [0.717, 1.165) is 22.3 Å². The van der Waals surface area contributed by atoms with E-state index < -0.39 is 18.0 Å². The predicted octanol–water partition coefficient (Wildman–Crippen LogP) is 3.86. The molecule has 0 unspecified atom stereocenters. The number of ether oxygens (including phenoxy) is 1. The van der Waals surface area contributed by atoms with Crippen molar-refractivity contribution < 1.29 is 23.9 Å². The first-order valence-corrected chi connectivity index (χ1v) is 11.3. The van der Waals surface area contributed by atoms with E-state index in [0.29, 0.717) is 24.2 Å². The molecular formula is C27H23N3O5. The Labute approximate surface area is 201 Å². The third-order valence-electron chi connectivity index (χ3n) is 6.20. The number of rotatable bonds is 5. The smallest absolute Gasteiger partial charge is 0.411 e. The van der Waals surface area contributed by atoms with Crippen LogP contribution < -0.4 is 10.6 Å². The van der Waals surface area contributed by atoms with Crippen LogP contribution in [0.15, 0.2) is 72.8 Å². The fourth-order valence-electron chi connectivity index (χ4n) is 4.38. The van der Waals surface area contributed by atoms with E-state index in [1.54, 1.807) is 18.2 Å². The molecule has 3 aromatic rings. The highest BCUT2D eigenvalue weighted by atomic mass is 16.5. The molecule has 2 N–H and O–H groups in total. The second-order valence-corrected chi connectivity index (χ2v) is 8.54. The molecule has 8 nitrogen and oxygen atoms in total. The van der Waals surface area contributed by atoms with Crippen LogP contribution in [0.5, 0.6) is 0 Å². The zero-order valence-electron chi connectivity index (χ0n) is 18.8. The molecule has 0 bridgehead atoms. The van der Waals surface area contributed by atoms with Gasteiger partial charge in [0, 0.05) is 24.2 Å². The van der Waals surface area contributed by atoms with Crippen LogP contribution >= 0.6 is 0 Å². The normalized spacial score (nSPS) is 17.1. The Morgan fingerprint density at radius 3 is 2.46 bits per heavy atom. The lowest BCUT2D eigenvalue weighted by atomic mass is 10.0. The number of carbonyl (C=O) groups is 4. The molecule has 0 radical (unpaired) electrons. The molecule has 0 aromatic heterocycles. The Morgan fingerprint density at radius 1 is 0.971 bits per heavy atom. The van der Waals surface area contributed by atoms with Gasteiger partial charge in [-0.25, -0.2) is 4.79 Å². The topological polar surface area (TPSA) is 105 Å². The van der Waals surface area contributed by atoms with Gasteiger partial charge >= 0.3 is 6.09 Å². The van der Waals surface area contributed by atoms with Crippen molar-refractivity contribution in [2.45, 2.75) is 32.0 Å². The Morgan fingerprint density at radius 2 is 1.71 bits per heavy atom. The van der Waals surface area contributed by atoms with Crippen LogP contribution in [0.3, 0.4) is 0 Å². The summed E-state index contributed by atoms with van der Waals surface area (Å²) in [6, 6.07) is 21.7. The summed E-state index contributed by atoms with van der Waals surface area (Å²) < 4.78 is 5.25. The second-order valence-electron chi connectivity index (χ2n) is 8.54. The van der Waals surface area contributed by atoms with Crippen molar-refractivity contribution in [1.29, 1.82) is 0 Å². The van der Waals surface area contributed by atoms with Gasteiger partial charge in [0.25, 0.3) is 5.91 Å². The number of hydrogen-bond donors (Lipinski definition) is 2. The molecule has 2 aliphatic rings. The molecule has 2 aliphatic heterocycles. The van der Waals surface area contributed by atoms with Gasteiger partial charge in [-0.3, -0.25) is 25.0 Å². The Bertz CT molecular complexity index is 1300. The van der Waals surface area contributed by atoms with Crippen LogP contribution in [0.1, 0.15) is 34.3 Å². The average molecular weight is 469 g/mol. The average Bonchev–Trinajstić information content (AvgIpc) is 3.19. The van der Waals surface area contributed by atoms with Gasteiger partial charge in [-0.05, 0) is 52.9 Å². The second kappa shape index (κ2) is 9.42. The van der Waals surface area contributed by atoms with Gasteiger partial charge in [-0.15, -0.1) is 0 Å². The maximum absolute atomic E-state index is 12.9. The molecule has 2 heterocycles. The summed E-state index contributed by atoms with van der Waals surface area (Å²) in [4.78, 5) is 50.2. The number of imide groups is 1. The van der Waals surface area contributed by atoms with E-state index in [4.69, 9.17) is 4.74 Å². The van der Waals surface area contributed by atoms with Crippen LogP contribution in [0.2, 0.25) is 0 Å². The number of nitrogens with one attached hydrogen (secondary N) is 2. The van der Waals surface area contributed by atoms with Gasteiger partial charge in [0.15, 0.2) is 0 Å². The third kappa shape index (κ3) is 4.77. The maximum atomic E-state index is 12.9. The summed E-state index contributed by atoms with van der Waals surface area (Å²) >= 11 is 0. The zero-order chi connectivity index (χ0) is 24.4. The molecule has 0 spiro atoms. The molecule has 0 aliphatic carbocycles. The first-order valence-electron chi connectivity index (χ1n) is 11.3. The first-order chi connectivity index (χ1) is 17.0. The van der Waals surface area contributed by atoms with Crippen molar-refractivity contribution in [3.8, 4) is 11.1 Å². The lowest BCUT2D eigenvalue weighted by Crippen LogP contribution is -2.52. The van der Waals surface area contributed by atoms with Crippen LogP contribution in [-0.4, -0.2) is 34.8 Å². The summed E-state index contributed by atoms with van der Waals surface area (Å²) in [5.74, 6) is -0.928. The van der Waals surface area contributed by atoms with E-state index in [9.17, 15) is 19.2 Å². The molecule has 4 amide bonds. The van der Waals surface area contributed by atoms with Crippen molar-refractivity contribution in [3.63, 3.8) is 0 Å². The number of fused-ring (bicyclic) bond motifs is 1. The predicted molar refractivity (Wildman–Crippen MR) is 128 cm³/mol. The number of amides is 4. The highest BCUT2D eigenvalue weighted by molar-refractivity contribution is 6.05. The fraction of sp³-hybridized carbons (Fsp3) is 0.185. The third-order valence-corrected chi connectivity index (χ3v) is 6.20. The monoisotopic (exact) mass is 469 g/mol. The molecule has 1 atom stereocenters. The molecule has 8 heteroatoms. The summed E-state index contributed by atoms with van der Waals surface area (Å²) in [6.07, 6.45) is 0.0211. The fourth-order valence-corrected chi connectivity index (χ4v) is 4.38. The molecular weight excluding hydrogens is 446 g/mol. The van der Waals surface area contributed by atoms with Crippen LogP contribution in [-0.2, 0) is 27.5 Å². The van der Waals surface area contributed by atoms with Crippen molar-refractivity contribution in [2.75, 3.05) is 5.32 Å². The van der Waals surface area contributed by atoms with Gasteiger partial charge in [0.1, 0.15) is 12.6 Å². The molecule has 0 saturated carbocycles. The Hall–Kier alpha value is -4.46. The molecule has 3 aromatic carbocycles. The lowest BCUT2D eigenvalue weighted by molar-refractivity contribution is -0.136. The number of piperidine rings is 1. The van der Waals surface area contributed by atoms with E-state index in [1.807, 2.05) is 54.6 Å². The van der Waals surface area contributed by atoms with Crippen LogP contribution in [0.4, 0.5) is 10.5 Å². The maximum Gasteiger partial charge on any atom is 0.411 e. The van der Waals surface area contributed by atoms with Gasteiger partial charge in [-0.1, -0.05) is 48.5 Å². The molecule has 1 saturated heterocycles. The molecule has 35 heavy (non-hydrogen) atoms. The van der Waals surface area contributed by atoms with E-state index in [2.05, 4.69) is 10.6 Å². The van der Waals surface area contributed by atoms with Gasteiger partial charge < -0.3 is 9.64 Å². The van der Waals surface area contributed by atoms with E-state index in [1.165, 1.54) is 4.90 Å². The Balaban J connectivity index is 1.23. The number of carbonyl (C=O) groups excluding carboxylic acids is 4. The van der Waals surface area contributed by atoms with Gasteiger partial charge in [-0.2, -0.15) is 0 Å². The largest absolute Gasteiger partial charge is 0.444 e. The number of hydrogen-bond acceptors (Lipinski definition) is 5. The summed E-state index contributed by atoms with van der Waals surface area (Å²) in [7, 11) is 0. The highest BCUT2D eigenvalue weighted by Gasteiger charge is 2.39. The summed E-state index contributed by atoms with van der Waals surface area (Å²) in [5, 5.41) is 5.03. The molecule has 1 fully saturated rings. The van der Waals surface area contributed by atoms with Crippen molar-refractivity contribution in [2.24, 2.45) is 0 Å². The van der Waals surface area contributed by atoms with Crippen LogP contribution in [0.25, 0.3) is 11.1 Å². The first kappa shape index (κ1) is 22.3.